The number of aryl methyl sites for hydroxylation is 2. The van der Waals surface area contributed by atoms with Crippen molar-refractivity contribution in [2.24, 2.45) is 0 Å². The van der Waals surface area contributed by atoms with Crippen molar-refractivity contribution in [3.63, 3.8) is 0 Å². The number of rotatable bonds is 7. The lowest BCUT2D eigenvalue weighted by atomic mass is 10.2. The van der Waals surface area contributed by atoms with E-state index in [1.807, 2.05) is 44.2 Å². The van der Waals surface area contributed by atoms with Gasteiger partial charge in [-0.25, -0.2) is 4.68 Å². The molecule has 0 fully saturated rings. The quantitative estimate of drug-likeness (QED) is 0.257. The summed E-state index contributed by atoms with van der Waals surface area (Å²) >= 11 is 1.27. The van der Waals surface area contributed by atoms with Crippen LogP contribution in [0, 0.1) is 20.8 Å². The fraction of sp³-hybridized carbons (Fsp3) is 0.208. The van der Waals surface area contributed by atoms with Gasteiger partial charge in [0.2, 0.25) is 5.16 Å². The highest BCUT2D eigenvalue weighted by Gasteiger charge is 2.20. The van der Waals surface area contributed by atoms with Crippen LogP contribution in [0.2, 0.25) is 0 Å². The number of ether oxygens (including phenoxy) is 1. The van der Waals surface area contributed by atoms with Gasteiger partial charge in [0.25, 0.3) is 0 Å². The molecule has 32 heavy (non-hydrogen) atoms. The number of hydrogen-bond donors (Lipinski definition) is 1. The molecule has 2 aromatic heterocycles. The zero-order chi connectivity index (χ0) is 22.8. The summed E-state index contributed by atoms with van der Waals surface area (Å²) in [5.74, 6) is 7.59. The van der Waals surface area contributed by atoms with Gasteiger partial charge in [-0.05, 0) is 51.1 Å². The number of nitrogens with zero attached hydrogens (tertiary/aromatic N) is 4. The van der Waals surface area contributed by atoms with E-state index in [1.165, 1.54) is 22.0 Å². The third kappa shape index (κ3) is 4.01. The SMILES string of the molecule is COc1ccccc1-c1nnc(SCC(=O)c2cc(C)n(-c3ccc(C)cc3)c2C)n1N. The molecule has 164 valence electrons. The van der Waals surface area contributed by atoms with Gasteiger partial charge in [0.05, 0.1) is 18.4 Å². The Morgan fingerprint density at radius 2 is 1.78 bits per heavy atom. The molecule has 0 saturated heterocycles. The third-order valence-corrected chi connectivity index (χ3v) is 6.31. The summed E-state index contributed by atoms with van der Waals surface area (Å²) in [6.07, 6.45) is 0. The predicted molar refractivity (Wildman–Crippen MR) is 127 cm³/mol. The van der Waals surface area contributed by atoms with Gasteiger partial charge >= 0.3 is 0 Å². The van der Waals surface area contributed by atoms with E-state index in [2.05, 4.69) is 46.0 Å². The number of carbonyl (C=O) groups is 1. The van der Waals surface area contributed by atoms with Gasteiger partial charge in [-0.1, -0.05) is 41.6 Å². The summed E-state index contributed by atoms with van der Waals surface area (Å²) in [4.78, 5) is 13.0. The first-order valence-electron chi connectivity index (χ1n) is 10.2. The van der Waals surface area contributed by atoms with Gasteiger partial charge in [0, 0.05) is 22.6 Å². The fourth-order valence-electron chi connectivity index (χ4n) is 3.73. The van der Waals surface area contributed by atoms with Gasteiger partial charge < -0.3 is 15.1 Å². The average Bonchev–Trinajstić information content (AvgIpc) is 3.31. The fourth-order valence-corrected chi connectivity index (χ4v) is 4.47. The van der Waals surface area contributed by atoms with Crippen LogP contribution in [0.1, 0.15) is 27.3 Å². The van der Waals surface area contributed by atoms with E-state index in [9.17, 15) is 4.79 Å². The lowest BCUT2D eigenvalue weighted by Crippen LogP contribution is -2.13. The van der Waals surface area contributed by atoms with Crippen LogP contribution in [-0.4, -0.2) is 38.1 Å². The Labute approximate surface area is 191 Å². The Morgan fingerprint density at radius 3 is 2.50 bits per heavy atom. The minimum atomic E-state index is 0.0169. The number of benzene rings is 2. The molecule has 0 spiro atoms. The Bertz CT molecular complexity index is 1270. The highest BCUT2D eigenvalue weighted by Crippen LogP contribution is 2.30. The second-order valence-corrected chi connectivity index (χ2v) is 8.49. The van der Waals surface area contributed by atoms with E-state index < -0.39 is 0 Å². The van der Waals surface area contributed by atoms with Crippen molar-refractivity contribution in [2.75, 3.05) is 18.7 Å². The average molecular weight is 448 g/mol. The van der Waals surface area contributed by atoms with E-state index in [-0.39, 0.29) is 11.5 Å². The number of methoxy groups -OCH3 is 1. The van der Waals surface area contributed by atoms with Crippen molar-refractivity contribution in [3.8, 4) is 22.8 Å². The normalized spacial score (nSPS) is 11.0. The first-order valence-corrected chi connectivity index (χ1v) is 11.1. The maximum absolute atomic E-state index is 13.0. The lowest BCUT2D eigenvalue weighted by Gasteiger charge is -2.10. The molecule has 2 heterocycles. The number of thioether (sulfide) groups is 1. The summed E-state index contributed by atoms with van der Waals surface area (Å²) in [6, 6.07) is 17.7. The Morgan fingerprint density at radius 1 is 1.06 bits per heavy atom. The smallest absolute Gasteiger partial charge is 0.210 e. The van der Waals surface area contributed by atoms with Crippen molar-refractivity contribution in [2.45, 2.75) is 25.9 Å². The van der Waals surface area contributed by atoms with Crippen molar-refractivity contribution < 1.29 is 9.53 Å². The van der Waals surface area contributed by atoms with Gasteiger partial charge in [-0.3, -0.25) is 4.79 Å². The molecule has 0 unspecified atom stereocenters. The third-order valence-electron chi connectivity index (χ3n) is 5.37. The zero-order valence-corrected chi connectivity index (χ0v) is 19.3. The second kappa shape index (κ2) is 8.92. The molecule has 0 saturated carbocycles. The van der Waals surface area contributed by atoms with E-state index in [0.29, 0.717) is 22.3 Å². The number of ketones is 1. The Balaban J connectivity index is 1.53. The molecule has 2 aromatic carbocycles. The van der Waals surface area contributed by atoms with Crippen LogP contribution < -0.4 is 10.6 Å². The van der Waals surface area contributed by atoms with Crippen molar-refractivity contribution in [1.29, 1.82) is 0 Å². The van der Waals surface area contributed by atoms with E-state index in [4.69, 9.17) is 10.6 Å². The van der Waals surface area contributed by atoms with Crippen LogP contribution in [0.5, 0.6) is 5.75 Å². The van der Waals surface area contributed by atoms with Crippen LogP contribution in [0.3, 0.4) is 0 Å². The first-order chi connectivity index (χ1) is 15.4. The minimum absolute atomic E-state index is 0.0169. The largest absolute Gasteiger partial charge is 0.496 e. The Kier molecular flexibility index (Phi) is 6.05. The maximum atomic E-state index is 13.0. The Hall–Kier alpha value is -3.52. The molecule has 0 amide bonds. The highest BCUT2D eigenvalue weighted by atomic mass is 32.2. The van der Waals surface area contributed by atoms with E-state index in [1.54, 1.807) is 7.11 Å². The number of Topliss-reactive ketones (excluding diaryl/α,β-unsaturated/α-hetero) is 1. The second-order valence-electron chi connectivity index (χ2n) is 7.54. The number of hydrogen-bond acceptors (Lipinski definition) is 6. The van der Waals surface area contributed by atoms with Gasteiger partial charge in [-0.15, -0.1) is 10.2 Å². The summed E-state index contributed by atoms with van der Waals surface area (Å²) in [5.41, 5.74) is 5.61. The maximum Gasteiger partial charge on any atom is 0.210 e. The highest BCUT2D eigenvalue weighted by molar-refractivity contribution is 7.99. The molecule has 0 aliphatic rings. The van der Waals surface area contributed by atoms with Crippen molar-refractivity contribution in [1.82, 2.24) is 19.4 Å². The minimum Gasteiger partial charge on any atom is -0.496 e. The van der Waals surface area contributed by atoms with Gasteiger partial charge in [0.15, 0.2) is 11.6 Å². The number of para-hydroxylation sites is 1. The monoisotopic (exact) mass is 447 g/mol. The van der Waals surface area contributed by atoms with E-state index >= 15 is 0 Å². The van der Waals surface area contributed by atoms with Crippen molar-refractivity contribution >= 4 is 17.5 Å². The molecule has 0 bridgehead atoms. The topological polar surface area (TPSA) is 88.0 Å². The van der Waals surface area contributed by atoms with Crippen LogP contribution in [-0.2, 0) is 0 Å². The number of nitrogens with two attached hydrogens (primary N) is 1. The van der Waals surface area contributed by atoms with Crippen molar-refractivity contribution in [3.05, 3.63) is 77.1 Å². The molecule has 0 aliphatic heterocycles. The molecular weight excluding hydrogens is 422 g/mol. The van der Waals surface area contributed by atoms with E-state index in [0.717, 1.165) is 22.6 Å². The molecule has 0 atom stereocenters. The summed E-state index contributed by atoms with van der Waals surface area (Å²) < 4.78 is 8.88. The summed E-state index contributed by atoms with van der Waals surface area (Å²) in [6.45, 7) is 6.03. The molecule has 7 nitrogen and oxygen atoms in total. The number of carbonyl (C=O) groups excluding carboxylic acids is 1. The van der Waals surface area contributed by atoms with Gasteiger partial charge in [0.1, 0.15) is 5.75 Å². The molecule has 0 aliphatic carbocycles. The molecule has 4 aromatic rings. The molecular formula is C24H25N5O2S. The van der Waals surface area contributed by atoms with Gasteiger partial charge in [-0.2, -0.15) is 0 Å². The number of aromatic nitrogens is 4. The lowest BCUT2D eigenvalue weighted by molar-refractivity contribution is 0.102. The summed E-state index contributed by atoms with van der Waals surface area (Å²) in [7, 11) is 1.59. The molecule has 8 heteroatoms. The zero-order valence-electron chi connectivity index (χ0n) is 18.5. The molecule has 4 rings (SSSR count). The first kappa shape index (κ1) is 21.7. The van der Waals surface area contributed by atoms with Crippen LogP contribution in [0.4, 0.5) is 0 Å². The molecule has 2 N–H and O–H groups in total. The summed E-state index contributed by atoms with van der Waals surface area (Å²) in [5, 5.41) is 8.84. The molecule has 0 radical (unpaired) electrons. The predicted octanol–water partition coefficient (Wildman–Crippen LogP) is 4.36. The van der Waals surface area contributed by atoms with Crippen LogP contribution >= 0.6 is 11.8 Å². The van der Waals surface area contributed by atoms with Crippen LogP contribution in [0.15, 0.2) is 59.8 Å². The standard InChI is InChI=1S/C24H25N5O2S/c1-15-9-11-18(12-10-15)28-16(2)13-20(17(28)3)21(30)14-32-24-27-26-23(29(24)25)19-7-5-6-8-22(19)31-4/h5-13H,14,25H2,1-4H3. The number of nitrogen functional groups attached to an aromatic ring is 1. The van der Waals surface area contributed by atoms with Crippen LogP contribution in [0.25, 0.3) is 17.1 Å².